The van der Waals surface area contributed by atoms with Gasteiger partial charge in [-0.2, -0.15) is 0 Å². The molecule has 1 aliphatic heterocycles. The number of carbonyl (C=O) groups excluding carboxylic acids is 1. The van der Waals surface area contributed by atoms with Gasteiger partial charge < -0.3 is 9.84 Å². The maximum absolute atomic E-state index is 11.9. The van der Waals surface area contributed by atoms with Crippen LogP contribution in [-0.4, -0.2) is 23.6 Å². The zero-order valence-electron chi connectivity index (χ0n) is 14.3. The first-order valence-corrected chi connectivity index (χ1v) is 8.71. The number of phenolic OH excluding ortho intramolecular Hbond substituents is 1. The van der Waals surface area contributed by atoms with Crippen molar-refractivity contribution in [1.82, 2.24) is 0 Å². The summed E-state index contributed by atoms with van der Waals surface area (Å²) in [6.07, 6.45) is 7.47. The highest BCUT2D eigenvalue weighted by Crippen LogP contribution is 2.19. The molecule has 1 heterocycles. The van der Waals surface area contributed by atoms with Crippen molar-refractivity contribution in [2.24, 2.45) is 0 Å². The predicted molar refractivity (Wildman–Crippen MR) is 96.5 cm³/mol. The largest absolute Gasteiger partial charge is 0.507 e. The van der Waals surface area contributed by atoms with Crippen LogP contribution in [0.2, 0.25) is 0 Å². The van der Waals surface area contributed by atoms with Gasteiger partial charge in [-0.15, -0.1) is 0 Å². The Morgan fingerprint density at radius 2 is 1.71 bits per heavy atom. The number of phenols is 1. The van der Waals surface area contributed by atoms with Gasteiger partial charge in [0.1, 0.15) is 5.75 Å². The van der Waals surface area contributed by atoms with Crippen molar-refractivity contribution in [3.8, 4) is 5.75 Å². The fourth-order valence-electron chi connectivity index (χ4n) is 2.44. The Hall–Kier alpha value is -2.13. The Labute approximate surface area is 144 Å². The van der Waals surface area contributed by atoms with E-state index >= 15 is 0 Å². The Balaban J connectivity index is 0.000000198. The van der Waals surface area contributed by atoms with Gasteiger partial charge in [-0.05, 0) is 18.6 Å². The van der Waals surface area contributed by atoms with Crippen LogP contribution in [0.5, 0.6) is 5.75 Å². The molecule has 3 nitrogen and oxygen atoms in total. The number of para-hydroxylation sites is 1. The molecule has 24 heavy (non-hydrogen) atoms. The molecule has 3 heteroatoms. The third-order valence-corrected chi connectivity index (χ3v) is 3.97. The molecule has 1 N–H and O–H groups in total. The second kappa shape index (κ2) is 9.89. The van der Waals surface area contributed by atoms with E-state index in [9.17, 15) is 9.90 Å². The maximum atomic E-state index is 11.9. The van der Waals surface area contributed by atoms with E-state index in [0.29, 0.717) is 17.2 Å². The minimum absolute atomic E-state index is 0.0198. The third-order valence-electron chi connectivity index (χ3n) is 3.97. The molecule has 2 aromatic rings. The van der Waals surface area contributed by atoms with Crippen molar-refractivity contribution in [1.29, 1.82) is 0 Å². The molecule has 0 amide bonds. The Bertz CT molecular complexity index is 618. The molecular weight excluding hydrogens is 300 g/mol. The molecule has 0 aromatic heterocycles. The van der Waals surface area contributed by atoms with Gasteiger partial charge in [-0.1, -0.05) is 75.1 Å². The van der Waals surface area contributed by atoms with E-state index in [1.54, 1.807) is 42.5 Å². The lowest BCUT2D eigenvalue weighted by Gasteiger charge is -2.02. The highest BCUT2D eigenvalue weighted by molar-refractivity contribution is 6.10. The van der Waals surface area contributed by atoms with Crippen molar-refractivity contribution in [2.45, 2.75) is 45.1 Å². The molecule has 0 saturated carbocycles. The number of ketones is 1. The van der Waals surface area contributed by atoms with Gasteiger partial charge in [0.15, 0.2) is 5.78 Å². The Morgan fingerprint density at radius 3 is 2.33 bits per heavy atom. The summed E-state index contributed by atoms with van der Waals surface area (Å²) in [5, 5.41) is 9.52. The minimum Gasteiger partial charge on any atom is -0.507 e. The molecular formula is C21H26O3. The summed E-state index contributed by atoms with van der Waals surface area (Å²) >= 11 is 0. The fraction of sp³-hybridized carbons (Fsp3) is 0.381. The highest BCUT2D eigenvalue weighted by atomic mass is 16.6. The molecule has 0 spiro atoms. The van der Waals surface area contributed by atoms with E-state index in [1.807, 2.05) is 6.07 Å². The molecule has 1 atom stereocenters. The van der Waals surface area contributed by atoms with E-state index in [0.717, 1.165) is 6.61 Å². The average molecular weight is 326 g/mol. The lowest BCUT2D eigenvalue weighted by atomic mass is 10.0. The molecule has 1 aliphatic rings. The van der Waals surface area contributed by atoms with Crippen molar-refractivity contribution >= 4 is 5.78 Å². The van der Waals surface area contributed by atoms with Crippen molar-refractivity contribution in [3.05, 3.63) is 65.7 Å². The zero-order chi connectivity index (χ0) is 17.2. The number of ether oxygens (including phenoxy) is 1. The van der Waals surface area contributed by atoms with Gasteiger partial charge in [0.2, 0.25) is 0 Å². The number of benzene rings is 2. The Morgan fingerprint density at radius 1 is 1.04 bits per heavy atom. The van der Waals surface area contributed by atoms with Crippen LogP contribution in [0.15, 0.2) is 54.6 Å². The number of hydrogen-bond acceptors (Lipinski definition) is 3. The summed E-state index contributed by atoms with van der Waals surface area (Å²) in [4.78, 5) is 11.9. The molecule has 0 aliphatic carbocycles. The summed E-state index contributed by atoms with van der Waals surface area (Å²) in [5.74, 6) is -0.139. The van der Waals surface area contributed by atoms with Gasteiger partial charge in [-0.25, -0.2) is 0 Å². The second-order valence-electron chi connectivity index (χ2n) is 6.02. The van der Waals surface area contributed by atoms with Crippen molar-refractivity contribution in [3.63, 3.8) is 0 Å². The normalized spacial score (nSPS) is 15.3. The lowest BCUT2D eigenvalue weighted by Crippen LogP contribution is -2.00. The number of aromatic hydroxyl groups is 1. The van der Waals surface area contributed by atoms with Gasteiger partial charge in [0.25, 0.3) is 0 Å². The van der Waals surface area contributed by atoms with Crippen molar-refractivity contribution < 1.29 is 14.6 Å². The van der Waals surface area contributed by atoms with Gasteiger partial charge in [0.05, 0.1) is 18.3 Å². The summed E-state index contributed by atoms with van der Waals surface area (Å²) in [6.45, 7) is 3.28. The van der Waals surface area contributed by atoms with Crippen molar-refractivity contribution in [2.75, 3.05) is 6.61 Å². The van der Waals surface area contributed by atoms with E-state index in [1.165, 1.54) is 38.2 Å². The Kier molecular flexibility index (Phi) is 7.50. The van der Waals surface area contributed by atoms with Gasteiger partial charge in [-0.3, -0.25) is 4.79 Å². The SMILES string of the molecule is CCCCCCC1CO1.O=C(c1ccccc1)c1ccccc1O. The lowest BCUT2D eigenvalue weighted by molar-refractivity contribution is 0.103. The minimum atomic E-state index is -0.159. The molecule has 1 fully saturated rings. The monoisotopic (exact) mass is 326 g/mol. The second-order valence-corrected chi connectivity index (χ2v) is 6.02. The molecule has 0 bridgehead atoms. The van der Waals surface area contributed by atoms with Gasteiger partial charge >= 0.3 is 0 Å². The standard InChI is InChI=1S/C13H10O2.C8H16O/c14-12-9-5-4-8-11(12)13(15)10-6-2-1-3-7-10;1-2-3-4-5-6-8-7-9-8/h1-9,14H;8H,2-7H2,1H3. The average Bonchev–Trinajstić information content (AvgIpc) is 3.44. The summed E-state index contributed by atoms with van der Waals surface area (Å²) in [7, 11) is 0. The first-order chi connectivity index (χ1) is 11.7. The number of carbonyl (C=O) groups is 1. The summed E-state index contributed by atoms with van der Waals surface area (Å²) in [5.41, 5.74) is 0.919. The molecule has 2 aromatic carbocycles. The zero-order valence-corrected chi connectivity index (χ0v) is 14.3. The molecule has 1 unspecified atom stereocenters. The van der Waals surface area contributed by atoms with Crippen LogP contribution in [0.4, 0.5) is 0 Å². The third kappa shape index (κ3) is 6.17. The molecule has 128 valence electrons. The summed E-state index contributed by atoms with van der Waals surface area (Å²) < 4.78 is 5.09. The predicted octanol–water partition coefficient (Wildman–Crippen LogP) is 4.98. The van der Waals surface area contributed by atoms with Crippen LogP contribution in [0.1, 0.15) is 54.9 Å². The molecule has 0 radical (unpaired) electrons. The highest BCUT2D eigenvalue weighted by Gasteiger charge is 2.20. The van der Waals surface area contributed by atoms with E-state index in [4.69, 9.17) is 4.74 Å². The van der Waals surface area contributed by atoms with E-state index < -0.39 is 0 Å². The van der Waals surface area contributed by atoms with Gasteiger partial charge in [0, 0.05) is 5.56 Å². The first kappa shape index (κ1) is 18.2. The molecule has 1 saturated heterocycles. The molecule has 3 rings (SSSR count). The topological polar surface area (TPSA) is 49.8 Å². The smallest absolute Gasteiger partial charge is 0.196 e. The number of rotatable bonds is 7. The van der Waals surface area contributed by atoms with Crippen LogP contribution in [0.3, 0.4) is 0 Å². The van der Waals surface area contributed by atoms with Crippen LogP contribution < -0.4 is 0 Å². The van der Waals surface area contributed by atoms with E-state index in [-0.39, 0.29) is 11.5 Å². The number of hydrogen-bond donors (Lipinski definition) is 1. The maximum Gasteiger partial charge on any atom is 0.196 e. The van der Waals surface area contributed by atoms with Crippen LogP contribution in [0.25, 0.3) is 0 Å². The first-order valence-electron chi connectivity index (χ1n) is 8.71. The van der Waals surface area contributed by atoms with Crippen LogP contribution in [0, 0.1) is 0 Å². The number of epoxide rings is 1. The summed E-state index contributed by atoms with van der Waals surface area (Å²) in [6, 6.07) is 15.5. The van der Waals surface area contributed by atoms with Crippen LogP contribution in [-0.2, 0) is 4.74 Å². The number of unbranched alkanes of at least 4 members (excludes halogenated alkanes) is 3. The fourth-order valence-corrected chi connectivity index (χ4v) is 2.44. The van der Waals surface area contributed by atoms with E-state index in [2.05, 4.69) is 6.92 Å². The quantitative estimate of drug-likeness (QED) is 0.443. The van der Waals surface area contributed by atoms with Crippen LogP contribution >= 0.6 is 0 Å².